The molecule has 26 heavy (non-hydrogen) atoms. The molecular weight excluding hydrogens is 360 g/mol. The third kappa shape index (κ3) is 2.78. The molecule has 0 bridgehead atoms. The molecular formula is C21H24N2OS2. The number of hydrogen-bond acceptors (Lipinski definition) is 3. The second-order valence-electron chi connectivity index (χ2n) is 8.37. The Hall–Kier alpha value is -1.72. The van der Waals surface area contributed by atoms with Crippen LogP contribution in [0.2, 0.25) is 0 Å². The average molecular weight is 385 g/mol. The minimum Gasteiger partial charge on any atom is -0.323 e. The van der Waals surface area contributed by atoms with E-state index in [1.807, 2.05) is 31.2 Å². The normalized spacial score (nSPS) is 17.5. The molecule has 0 spiro atoms. The molecule has 3 nitrogen and oxygen atoms in total. The van der Waals surface area contributed by atoms with Crippen molar-refractivity contribution in [2.45, 2.75) is 47.0 Å². The van der Waals surface area contributed by atoms with Crippen LogP contribution in [-0.2, 0) is 12.8 Å². The minimum atomic E-state index is 0.0183. The second-order valence-corrected chi connectivity index (χ2v) is 9.86. The maximum atomic E-state index is 13.4. The zero-order valence-corrected chi connectivity index (χ0v) is 17.3. The first kappa shape index (κ1) is 17.7. The van der Waals surface area contributed by atoms with Crippen LogP contribution in [0.4, 0.5) is 0 Å². The van der Waals surface area contributed by atoms with Crippen LogP contribution in [0.5, 0.6) is 0 Å². The van der Waals surface area contributed by atoms with Crippen molar-refractivity contribution in [1.82, 2.24) is 9.55 Å². The molecule has 1 aromatic carbocycles. The van der Waals surface area contributed by atoms with Crippen molar-refractivity contribution in [2.75, 3.05) is 0 Å². The number of nitrogens with one attached hydrogen (secondary N) is 1. The van der Waals surface area contributed by atoms with Gasteiger partial charge in [-0.1, -0.05) is 39.0 Å². The zero-order valence-electron chi connectivity index (χ0n) is 15.7. The molecule has 2 heterocycles. The number of hydrogen-bond donors (Lipinski definition) is 1. The predicted octanol–water partition coefficient (Wildman–Crippen LogP) is 5.57. The van der Waals surface area contributed by atoms with Gasteiger partial charge in [0.1, 0.15) is 4.83 Å². The van der Waals surface area contributed by atoms with E-state index in [-0.39, 0.29) is 5.56 Å². The fourth-order valence-electron chi connectivity index (χ4n) is 4.03. The molecule has 0 unspecified atom stereocenters. The van der Waals surface area contributed by atoms with Crippen molar-refractivity contribution in [3.05, 3.63) is 55.4 Å². The Labute approximate surface area is 162 Å². The standard InChI is InChI=1S/C21H24N2OS2/c1-12-7-5-6-8-15(12)23-19(24)17-14-10-9-13(21(2,3)4)11-16(14)26-18(17)22-20(23)25/h5-8,13H,9-11H2,1-4H3,(H,22,25)/t13-/m1/s1. The van der Waals surface area contributed by atoms with Crippen molar-refractivity contribution in [3.8, 4) is 5.69 Å². The van der Waals surface area contributed by atoms with E-state index in [1.165, 1.54) is 10.4 Å². The molecule has 0 fully saturated rings. The number of fused-ring (bicyclic) bond motifs is 3. The van der Waals surface area contributed by atoms with Crippen LogP contribution in [0, 0.1) is 23.0 Å². The Morgan fingerprint density at radius 3 is 2.69 bits per heavy atom. The van der Waals surface area contributed by atoms with Crippen molar-refractivity contribution in [1.29, 1.82) is 0 Å². The summed E-state index contributed by atoms with van der Waals surface area (Å²) in [5.74, 6) is 0.657. The van der Waals surface area contributed by atoms with Crippen LogP contribution < -0.4 is 5.56 Å². The monoisotopic (exact) mass is 384 g/mol. The third-order valence-electron chi connectivity index (χ3n) is 5.69. The Morgan fingerprint density at radius 2 is 2.00 bits per heavy atom. The number of aromatic nitrogens is 2. The van der Waals surface area contributed by atoms with Gasteiger partial charge in [0.05, 0.1) is 11.1 Å². The van der Waals surface area contributed by atoms with Crippen LogP contribution in [0.15, 0.2) is 29.1 Å². The van der Waals surface area contributed by atoms with Gasteiger partial charge in [0, 0.05) is 4.88 Å². The largest absolute Gasteiger partial charge is 0.323 e. The fraction of sp³-hybridized carbons (Fsp3) is 0.429. The van der Waals surface area contributed by atoms with Crippen LogP contribution in [0.1, 0.15) is 43.2 Å². The summed E-state index contributed by atoms with van der Waals surface area (Å²) in [6.07, 6.45) is 3.18. The summed E-state index contributed by atoms with van der Waals surface area (Å²) >= 11 is 7.27. The van der Waals surface area contributed by atoms with E-state index in [0.29, 0.717) is 16.1 Å². The highest BCUT2D eigenvalue weighted by molar-refractivity contribution is 7.71. The number of benzene rings is 1. The zero-order chi connectivity index (χ0) is 18.6. The second kappa shape index (κ2) is 6.17. The quantitative estimate of drug-likeness (QED) is 0.557. The Morgan fingerprint density at radius 1 is 1.27 bits per heavy atom. The molecule has 0 aliphatic heterocycles. The Balaban J connectivity index is 1.94. The van der Waals surface area contributed by atoms with Gasteiger partial charge in [0.15, 0.2) is 4.77 Å². The predicted molar refractivity (Wildman–Crippen MR) is 112 cm³/mol. The first-order valence-corrected chi connectivity index (χ1v) is 10.4. The number of thiophene rings is 1. The Bertz CT molecular complexity index is 1110. The van der Waals surface area contributed by atoms with E-state index in [1.54, 1.807) is 15.9 Å². The third-order valence-corrected chi connectivity index (χ3v) is 7.14. The molecule has 0 radical (unpaired) electrons. The number of aromatic amines is 1. The maximum absolute atomic E-state index is 13.4. The lowest BCUT2D eigenvalue weighted by atomic mass is 9.72. The minimum absolute atomic E-state index is 0.0183. The molecule has 1 N–H and O–H groups in total. The van der Waals surface area contributed by atoms with Gasteiger partial charge in [-0.05, 0) is 66.9 Å². The molecule has 5 heteroatoms. The summed E-state index contributed by atoms with van der Waals surface area (Å²) < 4.78 is 2.14. The molecule has 3 aromatic rings. The molecule has 1 aliphatic carbocycles. The number of aryl methyl sites for hydroxylation is 2. The molecule has 2 aromatic heterocycles. The summed E-state index contributed by atoms with van der Waals surface area (Å²) in [4.78, 5) is 19.0. The molecule has 136 valence electrons. The van der Waals surface area contributed by atoms with Gasteiger partial charge < -0.3 is 4.98 Å². The summed E-state index contributed by atoms with van der Waals surface area (Å²) in [5, 5.41) is 0.842. The molecule has 0 amide bonds. The fourth-order valence-corrected chi connectivity index (χ4v) is 5.70. The van der Waals surface area contributed by atoms with E-state index in [2.05, 4.69) is 25.8 Å². The lowest BCUT2D eigenvalue weighted by Gasteiger charge is -2.33. The molecule has 0 saturated heterocycles. The average Bonchev–Trinajstić information content (AvgIpc) is 2.93. The van der Waals surface area contributed by atoms with Gasteiger partial charge in [0.25, 0.3) is 5.56 Å². The van der Waals surface area contributed by atoms with Gasteiger partial charge in [-0.25, -0.2) is 0 Å². The Kier molecular flexibility index (Phi) is 4.20. The van der Waals surface area contributed by atoms with Gasteiger partial charge >= 0.3 is 0 Å². The van der Waals surface area contributed by atoms with Gasteiger partial charge in [-0.3, -0.25) is 9.36 Å². The van der Waals surface area contributed by atoms with E-state index in [4.69, 9.17) is 12.2 Å². The van der Waals surface area contributed by atoms with Crippen molar-refractivity contribution >= 4 is 33.8 Å². The highest BCUT2D eigenvalue weighted by atomic mass is 32.1. The van der Waals surface area contributed by atoms with E-state index >= 15 is 0 Å². The van der Waals surface area contributed by atoms with E-state index in [0.717, 1.165) is 40.7 Å². The number of rotatable bonds is 1. The number of H-pyrrole nitrogens is 1. The summed E-state index contributed by atoms with van der Waals surface area (Å²) in [6, 6.07) is 7.90. The van der Waals surface area contributed by atoms with Crippen molar-refractivity contribution in [2.24, 2.45) is 11.3 Å². The van der Waals surface area contributed by atoms with Crippen LogP contribution in [0.3, 0.4) is 0 Å². The van der Waals surface area contributed by atoms with Crippen LogP contribution in [-0.4, -0.2) is 9.55 Å². The topological polar surface area (TPSA) is 37.8 Å². The smallest absolute Gasteiger partial charge is 0.267 e. The summed E-state index contributed by atoms with van der Waals surface area (Å²) in [5.41, 5.74) is 3.46. The molecule has 0 saturated carbocycles. The van der Waals surface area contributed by atoms with Gasteiger partial charge in [-0.2, -0.15) is 0 Å². The summed E-state index contributed by atoms with van der Waals surface area (Å²) in [7, 11) is 0. The first-order chi connectivity index (χ1) is 12.3. The lowest BCUT2D eigenvalue weighted by molar-refractivity contribution is 0.218. The maximum Gasteiger partial charge on any atom is 0.267 e. The lowest BCUT2D eigenvalue weighted by Crippen LogP contribution is -2.27. The molecule has 4 rings (SSSR count). The highest BCUT2D eigenvalue weighted by Crippen LogP contribution is 2.42. The molecule has 1 atom stereocenters. The van der Waals surface area contributed by atoms with Crippen molar-refractivity contribution < 1.29 is 0 Å². The summed E-state index contributed by atoms with van der Waals surface area (Å²) in [6.45, 7) is 8.95. The molecule has 1 aliphatic rings. The van der Waals surface area contributed by atoms with E-state index < -0.39 is 0 Å². The van der Waals surface area contributed by atoms with Crippen LogP contribution in [0.25, 0.3) is 15.9 Å². The number of para-hydroxylation sites is 1. The van der Waals surface area contributed by atoms with Crippen molar-refractivity contribution in [3.63, 3.8) is 0 Å². The van der Waals surface area contributed by atoms with E-state index in [9.17, 15) is 4.79 Å². The highest BCUT2D eigenvalue weighted by Gasteiger charge is 2.31. The van der Waals surface area contributed by atoms with Gasteiger partial charge in [0.2, 0.25) is 0 Å². The first-order valence-electron chi connectivity index (χ1n) is 9.13. The van der Waals surface area contributed by atoms with Gasteiger partial charge in [-0.15, -0.1) is 11.3 Å². The SMILES string of the molecule is Cc1ccccc1-n1c(=S)[nH]c2sc3c(c2c1=O)CC[C@@H](C(C)(C)C)C3. The van der Waals surface area contributed by atoms with Crippen LogP contribution >= 0.6 is 23.6 Å². The number of nitrogens with zero attached hydrogens (tertiary/aromatic N) is 1.